The number of amides is 1. The number of sulfonamides is 1. The van der Waals surface area contributed by atoms with Gasteiger partial charge in [0.15, 0.2) is 11.5 Å². The molecule has 1 amide bonds. The topological polar surface area (TPSA) is 106 Å². The van der Waals surface area contributed by atoms with Gasteiger partial charge in [0.2, 0.25) is 10.0 Å². The number of rotatable bonds is 7. The number of benzene rings is 1. The minimum atomic E-state index is -3.53. The molecule has 8 nitrogen and oxygen atoms in total. The number of ether oxygens (including phenoxy) is 2. The molecule has 0 aliphatic carbocycles. The fourth-order valence-electron chi connectivity index (χ4n) is 2.81. The summed E-state index contributed by atoms with van der Waals surface area (Å²) in [6.07, 6.45) is 3.20. The molecule has 3 N–H and O–H groups in total. The maximum absolute atomic E-state index is 12.5. The fraction of sp³-hybridized carbons (Fsp3) is 0.562. The Hall–Kier alpha value is -1.71. The summed E-state index contributed by atoms with van der Waals surface area (Å²) >= 11 is 0. The zero-order chi connectivity index (χ0) is 18.4. The van der Waals surface area contributed by atoms with E-state index in [4.69, 9.17) is 9.47 Å². The van der Waals surface area contributed by atoms with Crippen LogP contribution in [0.2, 0.25) is 0 Å². The van der Waals surface area contributed by atoms with Crippen LogP contribution < -0.4 is 24.8 Å². The molecule has 148 valence electrons. The number of nitrogens with one attached hydrogen (secondary N) is 3. The third kappa shape index (κ3) is 6.22. The molecule has 0 spiro atoms. The molecule has 1 atom stereocenters. The molecule has 1 aliphatic rings. The lowest BCUT2D eigenvalue weighted by Crippen LogP contribution is -2.38. The van der Waals surface area contributed by atoms with E-state index in [1.807, 2.05) is 0 Å². The molecule has 1 aromatic carbocycles. The molecule has 1 saturated heterocycles. The standard InChI is InChI=1S/C16H25N3O5S.ClH/c1-23-14-8-12(7-13(15(14)24-2)19-25(3,21)22)16(20)18-10-11-5-4-6-17-9-11;/h7-8,11,17,19H,4-6,9-10H2,1-3H3,(H,18,20);1H. The number of anilines is 1. The largest absolute Gasteiger partial charge is 0.493 e. The van der Waals surface area contributed by atoms with E-state index in [1.54, 1.807) is 0 Å². The summed E-state index contributed by atoms with van der Waals surface area (Å²) in [7, 11) is -0.700. The van der Waals surface area contributed by atoms with Crippen LogP contribution in [0.25, 0.3) is 0 Å². The highest BCUT2D eigenvalue weighted by Gasteiger charge is 2.20. The normalized spacial score (nSPS) is 17.0. The average molecular weight is 408 g/mol. The Morgan fingerprint density at radius 3 is 2.58 bits per heavy atom. The molecule has 0 bridgehead atoms. The van der Waals surface area contributed by atoms with Crippen molar-refractivity contribution >= 4 is 34.0 Å². The third-order valence-corrected chi connectivity index (χ3v) is 4.58. The summed E-state index contributed by atoms with van der Waals surface area (Å²) < 4.78 is 35.9. The molecule has 0 aromatic heterocycles. The van der Waals surface area contributed by atoms with Crippen LogP contribution in [0.5, 0.6) is 11.5 Å². The van der Waals surface area contributed by atoms with Crippen molar-refractivity contribution in [2.24, 2.45) is 5.92 Å². The SMILES string of the molecule is COc1cc(C(=O)NCC2CCCNC2)cc(NS(C)(=O)=O)c1OC.Cl. The number of methoxy groups -OCH3 is 2. The first-order chi connectivity index (χ1) is 11.8. The summed E-state index contributed by atoms with van der Waals surface area (Å²) in [5, 5.41) is 6.20. The summed E-state index contributed by atoms with van der Waals surface area (Å²) in [5.41, 5.74) is 0.460. The highest BCUT2D eigenvalue weighted by molar-refractivity contribution is 7.92. The summed E-state index contributed by atoms with van der Waals surface area (Å²) in [4.78, 5) is 12.5. The van der Waals surface area contributed by atoms with Gasteiger partial charge in [-0.3, -0.25) is 9.52 Å². The second-order valence-electron chi connectivity index (χ2n) is 6.06. The Bertz CT molecular complexity index is 721. The predicted molar refractivity (Wildman–Crippen MR) is 103 cm³/mol. The number of piperidine rings is 1. The number of carbonyl (C=O) groups is 1. The van der Waals surface area contributed by atoms with Gasteiger partial charge >= 0.3 is 0 Å². The van der Waals surface area contributed by atoms with Gasteiger partial charge in [-0.05, 0) is 44.0 Å². The second kappa shape index (κ2) is 9.84. The van der Waals surface area contributed by atoms with Gasteiger partial charge in [-0.1, -0.05) is 0 Å². The summed E-state index contributed by atoms with van der Waals surface area (Å²) in [6.45, 7) is 2.46. The van der Waals surface area contributed by atoms with Crippen LogP contribution in [0, 0.1) is 5.92 Å². The van der Waals surface area contributed by atoms with E-state index in [-0.39, 0.29) is 35.5 Å². The molecule has 1 unspecified atom stereocenters. The lowest BCUT2D eigenvalue weighted by atomic mass is 9.99. The van der Waals surface area contributed by atoms with Crippen LogP contribution in [0.1, 0.15) is 23.2 Å². The maximum Gasteiger partial charge on any atom is 0.251 e. The van der Waals surface area contributed by atoms with Crippen molar-refractivity contribution in [3.8, 4) is 11.5 Å². The van der Waals surface area contributed by atoms with Crippen LogP contribution in [-0.2, 0) is 10.0 Å². The van der Waals surface area contributed by atoms with Crippen molar-refractivity contribution in [3.63, 3.8) is 0 Å². The highest BCUT2D eigenvalue weighted by Crippen LogP contribution is 2.37. The molecule has 2 rings (SSSR count). The van der Waals surface area contributed by atoms with Crippen molar-refractivity contribution in [1.29, 1.82) is 0 Å². The molecule has 0 saturated carbocycles. The molecular formula is C16H26ClN3O5S. The molecule has 1 fully saturated rings. The van der Waals surface area contributed by atoms with Crippen molar-refractivity contribution < 1.29 is 22.7 Å². The summed E-state index contributed by atoms with van der Waals surface area (Å²) in [5.74, 6) is 0.608. The lowest BCUT2D eigenvalue weighted by molar-refractivity contribution is 0.0944. The fourth-order valence-corrected chi connectivity index (χ4v) is 3.36. The van der Waals surface area contributed by atoms with Gasteiger partial charge in [-0.25, -0.2) is 8.42 Å². The smallest absolute Gasteiger partial charge is 0.251 e. The van der Waals surface area contributed by atoms with E-state index >= 15 is 0 Å². The van der Waals surface area contributed by atoms with Crippen molar-refractivity contribution in [2.75, 3.05) is 44.8 Å². The summed E-state index contributed by atoms with van der Waals surface area (Å²) in [6, 6.07) is 2.97. The van der Waals surface area contributed by atoms with Crippen LogP contribution in [0.15, 0.2) is 12.1 Å². The molecule has 1 aliphatic heterocycles. The Balaban J connectivity index is 0.00000338. The first-order valence-electron chi connectivity index (χ1n) is 8.06. The number of hydrogen-bond acceptors (Lipinski definition) is 6. The van der Waals surface area contributed by atoms with Crippen LogP contribution in [0.3, 0.4) is 0 Å². The first-order valence-corrected chi connectivity index (χ1v) is 9.96. The van der Waals surface area contributed by atoms with Gasteiger partial charge < -0.3 is 20.1 Å². The second-order valence-corrected chi connectivity index (χ2v) is 7.80. The van der Waals surface area contributed by atoms with Gasteiger partial charge in [-0.15, -0.1) is 12.4 Å². The molecule has 1 aromatic rings. The zero-order valence-electron chi connectivity index (χ0n) is 15.1. The number of halogens is 1. The Kier molecular flexibility index (Phi) is 8.45. The van der Waals surface area contributed by atoms with Gasteiger partial charge in [0.25, 0.3) is 5.91 Å². The van der Waals surface area contributed by atoms with Crippen LogP contribution in [-0.4, -0.2) is 54.4 Å². The van der Waals surface area contributed by atoms with Crippen molar-refractivity contribution in [2.45, 2.75) is 12.8 Å². The van der Waals surface area contributed by atoms with Gasteiger partial charge in [0.05, 0.1) is 26.2 Å². The van der Waals surface area contributed by atoms with E-state index < -0.39 is 10.0 Å². The van der Waals surface area contributed by atoms with E-state index in [1.165, 1.54) is 26.4 Å². The Morgan fingerprint density at radius 2 is 2.04 bits per heavy atom. The van der Waals surface area contributed by atoms with E-state index in [9.17, 15) is 13.2 Å². The van der Waals surface area contributed by atoms with Crippen LogP contribution >= 0.6 is 12.4 Å². The molecule has 10 heteroatoms. The first kappa shape index (κ1) is 22.3. The molecule has 26 heavy (non-hydrogen) atoms. The van der Waals surface area contributed by atoms with E-state index in [0.717, 1.165) is 32.2 Å². The number of hydrogen-bond donors (Lipinski definition) is 3. The van der Waals surface area contributed by atoms with E-state index in [0.29, 0.717) is 18.0 Å². The zero-order valence-corrected chi connectivity index (χ0v) is 16.8. The molecule has 0 radical (unpaired) electrons. The van der Waals surface area contributed by atoms with Crippen LogP contribution in [0.4, 0.5) is 5.69 Å². The van der Waals surface area contributed by atoms with E-state index in [2.05, 4.69) is 15.4 Å². The minimum absolute atomic E-state index is 0. The quantitative estimate of drug-likeness (QED) is 0.627. The Morgan fingerprint density at radius 1 is 1.31 bits per heavy atom. The van der Waals surface area contributed by atoms with Gasteiger partial charge in [0.1, 0.15) is 0 Å². The number of carbonyl (C=O) groups excluding carboxylic acids is 1. The third-order valence-electron chi connectivity index (χ3n) is 3.99. The van der Waals surface area contributed by atoms with Gasteiger partial charge in [0, 0.05) is 12.1 Å². The predicted octanol–water partition coefficient (Wildman–Crippen LogP) is 1.23. The van der Waals surface area contributed by atoms with Crippen molar-refractivity contribution in [1.82, 2.24) is 10.6 Å². The van der Waals surface area contributed by atoms with Gasteiger partial charge in [-0.2, -0.15) is 0 Å². The highest BCUT2D eigenvalue weighted by atomic mass is 35.5. The molecular weight excluding hydrogens is 382 g/mol. The van der Waals surface area contributed by atoms with Crippen molar-refractivity contribution in [3.05, 3.63) is 17.7 Å². The Labute approximate surface area is 160 Å². The molecule has 1 heterocycles. The minimum Gasteiger partial charge on any atom is -0.493 e. The lowest BCUT2D eigenvalue weighted by Gasteiger charge is -2.23. The monoisotopic (exact) mass is 407 g/mol. The average Bonchev–Trinajstić information content (AvgIpc) is 2.58. The maximum atomic E-state index is 12.5.